The summed E-state index contributed by atoms with van der Waals surface area (Å²) in [7, 11) is 0. The summed E-state index contributed by atoms with van der Waals surface area (Å²) in [6.45, 7) is 4.60. The molecule has 0 radical (unpaired) electrons. The largest absolute Gasteiger partial charge is 0.354 e. The van der Waals surface area contributed by atoms with Crippen molar-refractivity contribution in [1.82, 2.24) is 4.98 Å². The fourth-order valence-electron chi connectivity index (χ4n) is 4.05. The summed E-state index contributed by atoms with van der Waals surface area (Å²) < 4.78 is 0. The van der Waals surface area contributed by atoms with Crippen LogP contribution in [0.5, 0.6) is 0 Å². The van der Waals surface area contributed by atoms with E-state index in [1.807, 2.05) is 0 Å². The normalized spacial score (nSPS) is 18.3. The smallest absolute Gasteiger partial charge is 0.0471 e. The molecule has 0 bridgehead atoms. The van der Waals surface area contributed by atoms with Gasteiger partial charge >= 0.3 is 0 Å². The molecule has 0 saturated carbocycles. The van der Waals surface area contributed by atoms with E-state index in [-0.39, 0.29) is 5.41 Å². The first-order valence-electron chi connectivity index (χ1n) is 7.81. The number of aromatic nitrogens is 1. The number of benzene rings is 2. The molecule has 2 aromatic carbocycles. The number of aromatic amines is 1. The Morgan fingerprint density at radius 2 is 1.82 bits per heavy atom. The number of allylic oxidation sites excluding steroid dienone is 4. The van der Waals surface area contributed by atoms with Crippen molar-refractivity contribution in [2.24, 2.45) is 5.41 Å². The van der Waals surface area contributed by atoms with E-state index >= 15 is 0 Å². The topological polar surface area (TPSA) is 15.8 Å². The predicted molar refractivity (Wildman–Crippen MR) is 93.9 cm³/mol. The van der Waals surface area contributed by atoms with Crippen molar-refractivity contribution in [2.45, 2.75) is 13.8 Å². The maximum absolute atomic E-state index is 3.55. The zero-order valence-electron chi connectivity index (χ0n) is 12.8. The number of hydrogen-bond acceptors (Lipinski definition) is 0. The Bertz CT molecular complexity index is 1130. The van der Waals surface area contributed by atoms with E-state index in [0.717, 1.165) is 0 Å². The Morgan fingerprint density at radius 1 is 0.955 bits per heavy atom. The van der Waals surface area contributed by atoms with Crippen LogP contribution in [0.2, 0.25) is 0 Å². The highest BCUT2D eigenvalue weighted by Crippen LogP contribution is 2.39. The van der Waals surface area contributed by atoms with Crippen molar-refractivity contribution in [3.05, 3.63) is 70.6 Å². The summed E-state index contributed by atoms with van der Waals surface area (Å²) in [5, 5.41) is 5.42. The van der Waals surface area contributed by atoms with Crippen LogP contribution in [0.4, 0.5) is 0 Å². The molecule has 0 amide bonds. The SMILES string of the molecule is CC1(C)C=CC=C2C=c3c(ccc4[nH]c5ccccc5c34)=C21. The first kappa shape index (κ1) is 12.0. The van der Waals surface area contributed by atoms with Gasteiger partial charge in [-0.1, -0.05) is 56.3 Å². The molecule has 1 heteroatoms. The van der Waals surface area contributed by atoms with Crippen LogP contribution in [0.1, 0.15) is 13.8 Å². The lowest BCUT2D eigenvalue weighted by Gasteiger charge is -2.26. The molecule has 0 fully saturated rings. The molecule has 0 atom stereocenters. The highest BCUT2D eigenvalue weighted by atomic mass is 14.7. The zero-order chi connectivity index (χ0) is 14.9. The monoisotopic (exact) mass is 283 g/mol. The number of nitrogens with one attached hydrogen (secondary N) is 1. The van der Waals surface area contributed by atoms with Crippen molar-refractivity contribution in [3.8, 4) is 0 Å². The molecule has 1 N–H and O–H groups in total. The summed E-state index contributed by atoms with van der Waals surface area (Å²) in [4.78, 5) is 3.55. The number of rotatable bonds is 0. The van der Waals surface area contributed by atoms with Gasteiger partial charge in [0.15, 0.2) is 0 Å². The van der Waals surface area contributed by atoms with Gasteiger partial charge in [-0.05, 0) is 39.8 Å². The summed E-state index contributed by atoms with van der Waals surface area (Å²) >= 11 is 0. The Balaban J connectivity index is 2.06. The number of H-pyrrole nitrogens is 1. The van der Waals surface area contributed by atoms with Gasteiger partial charge in [0.05, 0.1) is 0 Å². The molecule has 2 aliphatic carbocycles. The Hall–Kier alpha value is -2.54. The number of fused-ring (bicyclic) bond motifs is 6. The molecule has 5 rings (SSSR count). The lowest BCUT2D eigenvalue weighted by atomic mass is 9.77. The molecule has 1 nitrogen and oxygen atoms in total. The minimum absolute atomic E-state index is 0.0889. The van der Waals surface area contributed by atoms with Gasteiger partial charge in [-0.15, -0.1) is 0 Å². The molecule has 22 heavy (non-hydrogen) atoms. The van der Waals surface area contributed by atoms with Gasteiger partial charge < -0.3 is 4.98 Å². The van der Waals surface area contributed by atoms with Crippen LogP contribution < -0.4 is 10.4 Å². The third-order valence-corrected chi connectivity index (χ3v) is 5.00. The van der Waals surface area contributed by atoms with Gasteiger partial charge in [0.2, 0.25) is 0 Å². The van der Waals surface area contributed by atoms with Gasteiger partial charge in [-0.25, -0.2) is 0 Å². The maximum Gasteiger partial charge on any atom is 0.0471 e. The molecule has 1 heterocycles. The Kier molecular flexibility index (Phi) is 2.08. The second-order valence-corrected chi connectivity index (χ2v) is 6.84. The van der Waals surface area contributed by atoms with Crippen molar-refractivity contribution < 1.29 is 0 Å². The van der Waals surface area contributed by atoms with Crippen LogP contribution in [-0.2, 0) is 0 Å². The van der Waals surface area contributed by atoms with E-state index in [9.17, 15) is 0 Å². The van der Waals surface area contributed by atoms with Gasteiger partial charge in [0, 0.05) is 27.2 Å². The van der Waals surface area contributed by atoms with Crippen molar-refractivity contribution in [1.29, 1.82) is 0 Å². The minimum Gasteiger partial charge on any atom is -0.354 e. The summed E-state index contributed by atoms with van der Waals surface area (Å²) in [5.41, 5.74) is 5.34. The number of para-hydroxylation sites is 1. The molecule has 0 saturated heterocycles. The van der Waals surface area contributed by atoms with Crippen molar-refractivity contribution >= 4 is 33.5 Å². The first-order valence-corrected chi connectivity index (χ1v) is 7.81. The third kappa shape index (κ3) is 1.38. The van der Waals surface area contributed by atoms with Gasteiger partial charge in [0.1, 0.15) is 0 Å². The van der Waals surface area contributed by atoms with E-state index in [4.69, 9.17) is 0 Å². The van der Waals surface area contributed by atoms with E-state index in [1.54, 1.807) is 0 Å². The second kappa shape index (κ2) is 3.80. The molecule has 0 aliphatic heterocycles. The van der Waals surface area contributed by atoms with Gasteiger partial charge in [-0.3, -0.25) is 0 Å². The summed E-state index contributed by atoms with van der Waals surface area (Å²) in [6, 6.07) is 13.1. The first-order chi connectivity index (χ1) is 10.6. The van der Waals surface area contributed by atoms with Crippen LogP contribution in [0.15, 0.2) is 60.2 Å². The van der Waals surface area contributed by atoms with Crippen molar-refractivity contribution in [3.63, 3.8) is 0 Å². The standard InChI is InChI=1S/C21H17N/c1-21(2)11-5-6-13-12-16-14(20(13)21)9-10-18-19(16)15-7-3-4-8-17(15)22-18/h3-12,22H,1-2H3. The third-order valence-electron chi connectivity index (χ3n) is 5.00. The molecule has 0 unspecified atom stereocenters. The maximum atomic E-state index is 3.55. The Labute approximate surface area is 129 Å². The second-order valence-electron chi connectivity index (χ2n) is 6.84. The number of hydrogen-bond donors (Lipinski definition) is 1. The average molecular weight is 283 g/mol. The average Bonchev–Trinajstić information content (AvgIpc) is 3.04. The van der Waals surface area contributed by atoms with Gasteiger partial charge in [0.25, 0.3) is 0 Å². The fourth-order valence-corrected chi connectivity index (χ4v) is 4.05. The van der Waals surface area contributed by atoms with Crippen molar-refractivity contribution in [2.75, 3.05) is 0 Å². The minimum atomic E-state index is 0.0889. The fraction of sp³-hybridized carbons (Fsp3) is 0.143. The molecule has 1 aromatic heterocycles. The van der Waals surface area contributed by atoms with Gasteiger partial charge in [-0.2, -0.15) is 0 Å². The molecule has 2 aliphatic rings. The Morgan fingerprint density at radius 3 is 2.73 bits per heavy atom. The van der Waals surface area contributed by atoms with Crippen LogP contribution in [0.25, 0.3) is 33.5 Å². The van der Waals surface area contributed by atoms with E-state index in [2.05, 4.69) is 79.5 Å². The van der Waals surface area contributed by atoms with Crippen LogP contribution in [0.3, 0.4) is 0 Å². The molecule has 3 aromatic rings. The van der Waals surface area contributed by atoms with E-state index in [1.165, 1.54) is 43.4 Å². The lowest BCUT2D eigenvalue weighted by molar-refractivity contribution is 0.644. The van der Waals surface area contributed by atoms with E-state index in [0.29, 0.717) is 0 Å². The predicted octanol–water partition coefficient (Wildman–Crippen LogP) is 3.79. The summed E-state index contributed by atoms with van der Waals surface area (Å²) in [6.07, 6.45) is 9.08. The molecular formula is C21H17N. The lowest BCUT2D eigenvalue weighted by Crippen LogP contribution is -2.28. The summed E-state index contributed by atoms with van der Waals surface area (Å²) in [5.74, 6) is 0. The highest BCUT2D eigenvalue weighted by Gasteiger charge is 2.28. The van der Waals surface area contributed by atoms with Crippen LogP contribution in [0, 0.1) is 5.41 Å². The molecule has 106 valence electrons. The zero-order valence-corrected chi connectivity index (χ0v) is 12.8. The quantitative estimate of drug-likeness (QED) is 0.646. The van der Waals surface area contributed by atoms with Crippen LogP contribution >= 0.6 is 0 Å². The van der Waals surface area contributed by atoms with E-state index < -0.39 is 0 Å². The molecule has 0 spiro atoms. The highest BCUT2D eigenvalue weighted by molar-refractivity contribution is 6.09. The molecular weight excluding hydrogens is 266 g/mol. The van der Waals surface area contributed by atoms with Crippen LogP contribution in [-0.4, -0.2) is 4.98 Å².